The number of carbonyl (C=O) groups is 1. The zero-order chi connectivity index (χ0) is 14.7. The molecule has 1 fully saturated rings. The number of nitrogens with zero attached hydrogens (tertiary/aromatic N) is 1. The molecule has 0 aromatic heterocycles. The van der Waals surface area contributed by atoms with E-state index in [9.17, 15) is 9.90 Å². The topological polar surface area (TPSA) is 75.8 Å². The Morgan fingerprint density at radius 2 is 2.10 bits per heavy atom. The third-order valence-electron chi connectivity index (χ3n) is 4.00. The number of carbonyl (C=O) groups excluding carboxylic acids is 1. The molecule has 0 heterocycles. The minimum atomic E-state index is -0.464. The van der Waals surface area contributed by atoms with Gasteiger partial charge < -0.3 is 20.5 Å². The standard InChI is InChI=1S/C15H22N2O3/c1-17(11-7-3-4-8-12(11)18)15(19)14-10(16)6-5-9-13(14)20-2/h5-6,9,11-12,18H,3-4,7-8,16H2,1-2H3. The lowest BCUT2D eigenvalue weighted by Gasteiger charge is -2.35. The van der Waals surface area contributed by atoms with E-state index < -0.39 is 6.10 Å². The maximum absolute atomic E-state index is 12.6. The number of amides is 1. The second kappa shape index (κ2) is 6.13. The first-order valence-corrected chi connectivity index (χ1v) is 6.94. The third-order valence-corrected chi connectivity index (χ3v) is 4.00. The number of likely N-dealkylation sites (N-methyl/N-ethyl adjacent to an activating group) is 1. The van der Waals surface area contributed by atoms with Gasteiger partial charge in [0.2, 0.25) is 0 Å². The van der Waals surface area contributed by atoms with E-state index in [2.05, 4.69) is 0 Å². The van der Waals surface area contributed by atoms with Crippen LogP contribution in [0.1, 0.15) is 36.0 Å². The van der Waals surface area contributed by atoms with E-state index in [0.29, 0.717) is 17.0 Å². The summed E-state index contributed by atoms with van der Waals surface area (Å²) in [5.41, 5.74) is 6.68. The summed E-state index contributed by atoms with van der Waals surface area (Å²) in [5.74, 6) is 0.262. The number of hydrogen-bond acceptors (Lipinski definition) is 4. The van der Waals surface area contributed by atoms with Crippen molar-refractivity contribution < 1.29 is 14.6 Å². The second-order valence-corrected chi connectivity index (χ2v) is 5.26. The van der Waals surface area contributed by atoms with Crippen LogP contribution in [0, 0.1) is 0 Å². The molecule has 0 saturated heterocycles. The number of ether oxygens (including phenoxy) is 1. The third kappa shape index (κ3) is 2.72. The highest BCUT2D eigenvalue weighted by molar-refractivity contribution is 6.01. The summed E-state index contributed by atoms with van der Waals surface area (Å²) in [4.78, 5) is 14.2. The number of anilines is 1. The van der Waals surface area contributed by atoms with Crippen LogP contribution in [-0.2, 0) is 0 Å². The molecule has 1 saturated carbocycles. The van der Waals surface area contributed by atoms with Gasteiger partial charge in [0.1, 0.15) is 11.3 Å². The first-order chi connectivity index (χ1) is 9.56. The van der Waals surface area contributed by atoms with E-state index in [1.54, 1.807) is 30.1 Å². The lowest BCUT2D eigenvalue weighted by molar-refractivity contribution is 0.0267. The molecule has 5 heteroatoms. The van der Waals surface area contributed by atoms with Crippen molar-refractivity contribution >= 4 is 11.6 Å². The fourth-order valence-electron chi connectivity index (χ4n) is 2.82. The molecule has 0 bridgehead atoms. The predicted molar refractivity (Wildman–Crippen MR) is 77.8 cm³/mol. The number of methoxy groups -OCH3 is 1. The van der Waals surface area contributed by atoms with E-state index in [0.717, 1.165) is 25.7 Å². The Kier molecular flexibility index (Phi) is 4.49. The van der Waals surface area contributed by atoms with Crippen LogP contribution in [0.25, 0.3) is 0 Å². The lowest BCUT2D eigenvalue weighted by Crippen LogP contribution is -2.46. The van der Waals surface area contributed by atoms with E-state index in [-0.39, 0.29) is 11.9 Å². The van der Waals surface area contributed by atoms with Crippen LogP contribution < -0.4 is 10.5 Å². The van der Waals surface area contributed by atoms with Gasteiger partial charge in [0.05, 0.1) is 19.3 Å². The van der Waals surface area contributed by atoms with Crippen molar-refractivity contribution in [3.63, 3.8) is 0 Å². The van der Waals surface area contributed by atoms with Crippen molar-refractivity contribution in [3.05, 3.63) is 23.8 Å². The molecule has 0 spiro atoms. The first kappa shape index (κ1) is 14.7. The second-order valence-electron chi connectivity index (χ2n) is 5.26. The van der Waals surface area contributed by atoms with Crippen LogP contribution in [0.4, 0.5) is 5.69 Å². The van der Waals surface area contributed by atoms with Gasteiger partial charge in [0, 0.05) is 12.7 Å². The molecular formula is C15H22N2O3. The van der Waals surface area contributed by atoms with Crippen molar-refractivity contribution in [1.82, 2.24) is 4.90 Å². The highest BCUT2D eigenvalue weighted by Crippen LogP contribution is 2.29. The van der Waals surface area contributed by atoms with E-state index in [4.69, 9.17) is 10.5 Å². The van der Waals surface area contributed by atoms with Crippen LogP contribution >= 0.6 is 0 Å². The van der Waals surface area contributed by atoms with Gasteiger partial charge in [-0.05, 0) is 25.0 Å². The van der Waals surface area contributed by atoms with Crippen molar-refractivity contribution in [2.75, 3.05) is 19.9 Å². The minimum Gasteiger partial charge on any atom is -0.496 e. The largest absolute Gasteiger partial charge is 0.496 e. The van der Waals surface area contributed by atoms with Crippen LogP contribution in [0.15, 0.2) is 18.2 Å². The number of nitrogen functional groups attached to an aromatic ring is 1. The molecule has 1 aromatic carbocycles. The average molecular weight is 278 g/mol. The molecule has 1 aliphatic rings. The molecule has 0 radical (unpaired) electrons. The zero-order valence-corrected chi connectivity index (χ0v) is 12.0. The Hall–Kier alpha value is -1.75. The maximum Gasteiger partial charge on any atom is 0.259 e. The van der Waals surface area contributed by atoms with E-state index >= 15 is 0 Å². The molecular weight excluding hydrogens is 256 g/mol. The molecule has 1 amide bonds. The number of rotatable bonds is 3. The summed E-state index contributed by atoms with van der Waals surface area (Å²) in [6.07, 6.45) is 3.13. The monoisotopic (exact) mass is 278 g/mol. The lowest BCUT2D eigenvalue weighted by atomic mass is 9.91. The predicted octanol–water partition coefficient (Wildman–Crippen LogP) is 1.65. The SMILES string of the molecule is COc1cccc(N)c1C(=O)N(C)C1CCCCC1O. The Bertz CT molecular complexity index is 490. The van der Waals surface area contributed by atoms with Crippen molar-refractivity contribution in [3.8, 4) is 5.75 Å². The Balaban J connectivity index is 2.26. The van der Waals surface area contributed by atoms with Crippen molar-refractivity contribution in [2.24, 2.45) is 0 Å². The molecule has 2 rings (SSSR count). The molecule has 0 aliphatic heterocycles. The summed E-state index contributed by atoms with van der Waals surface area (Å²) in [6.45, 7) is 0. The molecule has 110 valence electrons. The summed E-state index contributed by atoms with van der Waals surface area (Å²) in [7, 11) is 3.23. The van der Waals surface area contributed by atoms with Crippen molar-refractivity contribution in [2.45, 2.75) is 37.8 Å². The summed E-state index contributed by atoms with van der Waals surface area (Å²) in [6, 6.07) is 5.00. The Morgan fingerprint density at radius 3 is 2.75 bits per heavy atom. The zero-order valence-electron chi connectivity index (χ0n) is 12.0. The number of benzene rings is 1. The van der Waals surface area contributed by atoms with Gasteiger partial charge in [-0.25, -0.2) is 0 Å². The highest BCUT2D eigenvalue weighted by atomic mass is 16.5. The fraction of sp³-hybridized carbons (Fsp3) is 0.533. The van der Waals surface area contributed by atoms with Crippen LogP contribution in [0.5, 0.6) is 5.75 Å². The number of nitrogens with two attached hydrogens (primary N) is 1. The van der Waals surface area contributed by atoms with Crippen LogP contribution in [0.3, 0.4) is 0 Å². The summed E-state index contributed by atoms with van der Waals surface area (Å²) in [5, 5.41) is 10.1. The van der Waals surface area contributed by atoms with E-state index in [1.807, 2.05) is 0 Å². The molecule has 1 aromatic rings. The number of hydrogen-bond donors (Lipinski definition) is 2. The normalized spacial score (nSPS) is 22.4. The van der Waals surface area contributed by atoms with Gasteiger partial charge >= 0.3 is 0 Å². The Morgan fingerprint density at radius 1 is 1.40 bits per heavy atom. The van der Waals surface area contributed by atoms with Gasteiger partial charge in [0.25, 0.3) is 5.91 Å². The van der Waals surface area contributed by atoms with Crippen LogP contribution in [0.2, 0.25) is 0 Å². The van der Waals surface area contributed by atoms with Gasteiger partial charge in [-0.15, -0.1) is 0 Å². The maximum atomic E-state index is 12.6. The summed E-state index contributed by atoms with van der Waals surface area (Å²) < 4.78 is 5.22. The Labute approximate surface area is 119 Å². The quantitative estimate of drug-likeness (QED) is 0.824. The van der Waals surface area contributed by atoms with E-state index in [1.165, 1.54) is 7.11 Å². The highest BCUT2D eigenvalue weighted by Gasteiger charge is 2.31. The summed E-state index contributed by atoms with van der Waals surface area (Å²) >= 11 is 0. The van der Waals surface area contributed by atoms with Gasteiger partial charge in [0.15, 0.2) is 0 Å². The average Bonchev–Trinajstić information content (AvgIpc) is 2.46. The van der Waals surface area contributed by atoms with Crippen molar-refractivity contribution in [1.29, 1.82) is 0 Å². The van der Waals surface area contributed by atoms with Gasteiger partial charge in [-0.3, -0.25) is 4.79 Å². The fourth-order valence-corrected chi connectivity index (χ4v) is 2.82. The van der Waals surface area contributed by atoms with Gasteiger partial charge in [-0.1, -0.05) is 18.9 Å². The minimum absolute atomic E-state index is 0.152. The smallest absolute Gasteiger partial charge is 0.259 e. The number of aliphatic hydroxyl groups is 1. The number of aliphatic hydroxyl groups excluding tert-OH is 1. The molecule has 3 N–H and O–H groups in total. The molecule has 2 atom stereocenters. The molecule has 20 heavy (non-hydrogen) atoms. The molecule has 1 aliphatic carbocycles. The first-order valence-electron chi connectivity index (χ1n) is 6.94. The molecule has 5 nitrogen and oxygen atoms in total. The van der Waals surface area contributed by atoms with Crippen LogP contribution in [-0.4, -0.2) is 42.2 Å². The van der Waals surface area contributed by atoms with Gasteiger partial charge in [-0.2, -0.15) is 0 Å². The molecule has 2 unspecified atom stereocenters.